The van der Waals surface area contributed by atoms with Crippen molar-refractivity contribution in [3.8, 4) is 5.75 Å². The third-order valence-corrected chi connectivity index (χ3v) is 4.26. The van der Waals surface area contributed by atoms with Gasteiger partial charge in [-0.2, -0.15) is 0 Å². The zero-order valence-electron chi connectivity index (χ0n) is 13.6. The summed E-state index contributed by atoms with van der Waals surface area (Å²) in [6, 6.07) is 13.7. The molecule has 0 heterocycles. The molecule has 0 fully saturated rings. The van der Waals surface area contributed by atoms with E-state index in [2.05, 4.69) is 45.3 Å². The fourth-order valence-corrected chi connectivity index (χ4v) is 2.67. The van der Waals surface area contributed by atoms with Crippen molar-refractivity contribution in [1.29, 1.82) is 0 Å². The number of carbonyl (C=O) groups excluding carboxylic acids is 2. The second-order valence-corrected chi connectivity index (χ2v) is 6.54. The first-order valence-corrected chi connectivity index (χ1v) is 9.00. The molecule has 2 amide bonds. The molecule has 0 aliphatic rings. The second kappa shape index (κ2) is 9.88. The molecule has 0 unspecified atom stereocenters. The number of hydrazine groups is 1. The highest BCUT2D eigenvalue weighted by Crippen LogP contribution is 2.12. The first-order valence-electron chi connectivity index (χ1n) is 7.51. The maximum atomic E-state index is 12.1. The van der Waals surface area contributed by atoms with E-state index in [1.807, 2.05) is 12.1 Å². The number of nitrogens with one attached hydrogen (secondary N) is 3. The maximum absolute atomic E-state index is 12.1. The average molecular weight is 481 g/mol. The van der Waals surface area contributed by atoms with E-state index < -0.39 is 5.91 Å². The first-order chi connectivity index (χ1) is 12.5. The second-order valence-electron chi connectivity index (χ2n) is 4.97. The number of hydrogen-bond donors (Lipinski definition) is 3. The summed E-state index contributed by atoms with van der Waals surface area (Å²) in [6.07, 6.45) is 1.64. The van der Waals surface area contributed by atoms with Crippen LogP contribution in [0.25, 0.3) is 0 Å². The minimum atomic E-state index is -0.397. The minimum absolute atomic E-state index is 0.00561. The van der Waals surface area contributed by atoms with Gasteiger partial charge in [-0.3, -0.25) is 25.8 Å². The lowest BCUT2D eigenvalue weighted by molar-refractivity contribution is 0.0934. The molecule has 8 heteroatoms. The average Bonchev–Trinajstić information content (AvgIpc) is 2.65. The molecular formula is C18H16IN3O3S. The van der Waals surface area contributed by atoms with Crippen LogP contribution in [-0.4, -0.2) is 23.5 Å². The Labute approximate surface area is 170 Å². The number of ether oxygens (including phenoxy) is 1. The highest BCUT2D eigenvalue weighted by Gasteiger charge is 2.11. The van der Waals surface area contributed by atoms with Gasteiger partial charge in [-0.15, -0.1) is 0 Å². The Morgan fingerprint density at radius 2 is 1.77 bits per heavy atom. The van der Waals surface area contributed by atoms with Crippen LogP contribution < -0.4 is 20.9 Å². The molecule has 0 saturated carbocycles. The van der Waals surface area contributed by atoms with Crippen LogP contribution in [0.1, 0.15) is 20.7 Å². The molecule has 134 valence electrons. The van der Waals surface area contributed by atoms with E-state index in [1.165, 1.54) is 0 Å². The number of rotatable bonds is 5. The molecule has 0 radical (unpaired) electrons. The Kier molecular flexibility index (Phi) is 7.54. The normalized spacial score (nSPS) is 9.73. The first kappa shape index (κ1) is 19.9. The summed E-state index contributed by atoms with van der Waals surface area (Å²) in [5.41, 5.74) is 5.84. The van der Waals surface area contributed by atoms with E-state index in [0.29, 0.717) is 23.5 Å². The zero-order valence-corrected chi connectivity index (χ0v) is 16.6. The Morgan fingerprint density at radius 3 is 2.42 bits per heavy atom. The van der Waals surface area contributed by atoms with Crippen molar-refractivity contribution in [1.82, 2.24) is 16.2 Å². The lowest BCUT2D eigenvalue weighted by Crippen LogP contribution is -2.48. The lowest BCUT2D eigenvalue weighted by atomic mass is 10.2. The number of benzene rings is 2. The predicted molar refractivity (Wildman–Crippen MR) is 112 cm³/mol. The van der Waals surface area contributed by atoms with Crippen molar-refractivity contribution < 1.29 is 14.3 Å². The Morgan fingerprint density at radius 1 is 1.08 bits per heavy atom. The molecule has 0 bridgehead atoms. The highest BCUT2D eigenvalue weighted by atomic mass is 127. The van der Waals surface area contributed by atoms with Gasteiger partial charge in [0.1, 0.15) is 12.4 Å². The van der Waals surface area contributed by atoms with Gasteiger partial charge in [0.25, 0.3) is 11.8 Å². The third kappa shape index (κ3) is 5.81. The molecule has 0 aromatic heterocycles. The number of hydrogen-bond acceptors (Lipinski definition) is 4. The van der Waals surface area contributed by atoms with Gasteiger partial charge in [0, 0.05) is 9.13 Å². The predicted octanol–water partition coefficient (Wildman–Crippen LogP) is 2.81. The standard InChI is InChI=1S/C18H16IN3O3S/c1-2-11-25-13-9-7-12(8-10-13)16(23)21-22-18(26)20-17(24)14-5-3-4-6-15(14)19/h2-10H,1,11H2,(H,21,23)(H2,20,22,24,26). The largest absolute Gasteiger partial charge is 0.490 e. The zero-order chi connectivity index (χ0) is 18.9. The summed E-state index contributed by atoms with van der Waals surface area (Å²) in [6.45, 7) is 3.96. The van der Waals surface area contributed by atoms with Crippen LogP contribution >= 0.6 is 34.8 Å². The van der Waals surface area contributed by atoms with Crippen LogP contribution in [0.4, 0.5) is 0 Å². The molecule has 0 aliphatic heterocycles. The van der Waals surface area contributed by atoms with Gasteiger partial charge in [-0.25, -0.2) is 0 Å². The summed E-state index contributed by atoms with van der Waals surface area (Å²) in [4.78, 5) is 24.2. The van der Waals surface area contributed by atoms with E-state index in [4.69, 9.17) is 17.0 Å². The molecule has 2 aromatic rings. The van der Waals surface area contributed by atoms with Gasteiger partial charge in [0.15, 0.2) is 5.11 Å². The third-order valence-electron chi connectivity index (χ3n) is 3.12. The smallest absolute Gasteiger partial charge is 0.269 e. The summed E-state index contributed by atoms with van der Waals surface area (Å²) in [5, 5.41) is 2.50. The summed E-state index contributed by atoms with van der Waals surface area (Å²) in [5.74, 6) is -0.119. The summed E-state index contributed by atoms with van der Waals surface area (Å²) in [7, 11) is 0. The molecule has 0 atom stereocenters. The van der Waals surface area contributed by atoms with Crippen molar-refractivity contribution in [2.24, 2.45) is 0 Å². The number of carbonyl (C=O) groups is 2. The van der Waals surface area contributed by atoms with Crippen LogP contribution in [0.2, 0.25) is 0 Å². The molecule has 0 aliphatic carbocycles. The fraction of sp³-hybridized carbons (Fsp3) is 0.0556. The molecule has 2 aromatic carbocycles. The number of halogens is 1. The highest BCUT2D eigenvalue weighted by molar-refractivity contribution is 14.1. The monoisotopic (exact) mass is 481 g/mol. The van der Waals surface area contributed by atoms with E-state index in [1.54, 1.807) is 42.5 Å². The number of amides is 2. The molecule has 3 N–H and O–H groups in total. The van der Waals surface area contributed by atoms with Gasteiger partial charge < -0.3 is 4.74 Å². The minimum Gasteiger partial charge on any atom is -0.490 e. The van der Waals surface area contributed by atoms with Crippen LogP contribution in [0.3, 0.4) is 0 Å². The van der Waals surface area contributed by atoms with E-state index >= 15 is 0 Å². The van der Waals surface area contributed by atoms with Crippen molar-refractivity contribution in [2.45, 2.75) is 0 Å². The Hall–Kier alpha value is -2.46. The molecule has 2 rings (SSSR count). The molecule has 26 heavy (non-hydrogen) atoms. The quantitative estimate of drug-likeness (QED) is 0.265. The van der Waals surface area contributed by atoms with Gasteiger partial charge >= 0.3 is 0 Å². The number of thiocarbonyl (C=S) groups is 1. The van der Waals surface area contributed by atoms with E-state index in [0.717, 1.165) is 3.57 Å². The van der Waals surface area contributed by atoms with Crippen molar-refractivity contribution in [3.63, 3.8) is 0 Å². The fourth-order valence-electron chi connectivity index (χ4n) is 1.89. The Balaban J connectivity index is 1.84. The van der Waals surface area contributed by atoms with Gasteiger partial charge in [-0.05, 0) is 71.2 Å². The summed E-state index contributed by atoms with van der Waals surface area (Å²) < 4.78 is 6.15. The van der Waals surface area contributed by atoms with Crippen molar-refractivity contribution in [2.75, 3.05) is 6.61 Å². The molecule has 6 nitrogen and oxygen atoms in total. The topological polar surface area (TPSA) is 79.5 Å². The summed E-state index contributed by atoms with van der Waals surface area (Å²) >= 11 is 7.08. The van der Waals surface area contributed by atoms with Crippen LogP contribution in [0.15, 0.2) is 61.2 Å². The van der Waals surface area contributed by atoms with E-state index in [-0.39, 0.29) is 11.0 Å². The van der Waals surface area contributed by atoms with Crippen LogP contribution in [0.5, 0.6) is 5.75 Å². The van der Waals surface area contributed by atoms with Crippen molar-refractivity contribution in [3.05, 3.63) is 75.9 Å². The van der Waals surface area contributed by atoms with Gasteiger partial charge in [0.2, 0.25) is 0 Å². The van der Waals surface area contributed by atoms with Gasteiger partial charge in [-0.1, -0.05) is 24.8 Å². The maximum Gasteiger partial charge on any atom is 0.269 e. The van der Waals surface area contributed by atoms with Crippen LogP contribution in [0, 0.1) is 3.57 Å². The molecule has 0 spiro atoms. The Bertz CT molecular complexity index is 825. The van der Waals surface area contributed by atoms with E-state index in [9.17, 15) is 9.59 Å². The lowest BCUT2D eigenvalue weighted by Gasteiger charge is -2.11. The van der Waals surface area contributed by atoms with Crippen LogP contribution in [-0.2, 0) is 0 Å². The van der Waals surface area contributed by atoms with Crippen molar-refractivity contribution >= 4 is 51.7 Å². The molecular weight excluding hydrogens is 465 g/mol. The molecule has 0 saturated heterocycles. The SMILES string of the molecule is C=CCOc1ccc(C(=O)NNC(=S)NC(=O)c2ccccc2I)cc1. The van der Waals surface area contributed by atoms with Gasteiger partial charge in [0.05, 0.1) is 5.56 Å².